The van der Waals surface area contributed by atoms with E-state index in [1.807, 2.05) is 0 Å². The minimum Gasteiger partial charge on any atom is -0.493 e. The van der Waals surface area contributed by atoms with E-state index in [2.05, 4.69) is 5.32 Å². The molecule has 1 atom stereocenters. The number of nitrogens with zero attached hydrogens (tertiary/aromatic N) is 2. The minimum absolute atomic E-state index is 0.0917. The number of hydrogen-bond acceptors (Lipinski definition) is 8. The molecule has 166 valence electrons. The summed E-state index contributed by atoms with van der Waals surface area (Å²) in [5.74, 6) is 1.98. The molecule has 1 aromatic carbocycles. The van der Waals surface area contributed by atoms with Crippen molar-refractivity contribution in [2.75, 3.05) is 38.9 Å². The third-order valence-electron chi connectivity index (χ3n) is 5.18. The molecule has 2 aromatic rings. The quantitative estimate of drug-likeness (QED) is 0.471. The van der Waals surface area contributed by atoms with Gasteiger partial charge in [-0.1, -0.05) is 11.8 Å². The summed E-state index contributed by atoms with van der Waals surface area (Å²) in [7, 11) is 3.11. The van der Waals surface area contributed by atoms with E-state index in [0.29, 0.717) is 33.8 Å². The number of aromatic nitrogens is 2. The van der Waals surface area contributed by atoms with E-state index in [1.165, 1.54) is 23.5 Å². The van der Waals surface area contributed by atoms with Gasteiger partial charge in [-0.15, -0.1) is 11.8 Å². The number of fused-ring (bicyclic) bond motifs is 1. The predicted molar refractivity (Wildman–Crippen MR) is 120 cm³/mol. The van der Waals surface area contributed by atoms with E-state index in [-0.39, 0.29) is 23.3 Å². The van der Waals surface area contributed by atoms with Crippen LogP contribution in [0.3, 0.4) is 0 Å². The Morgan fingerprint density at radius 1 is 1.35 bits per heavy atom. The van der Waals surface area contributed by atoms with Crippen LogP contribution in [0, 0.1) is 0 Å². The zero-order valence-electron chi connectivity index (χ0n) is 17.5. The Balaban J connectivity index is 1.59. The van der Waals surface area contributed by atoms with Crippen LogP contribution in [0.25, 0.3) is 5.69 Å². The molecule has 2 aliphatic heterocycles. The number of benzene rings is 1. The molecule has 0 unspecified atom stereocenters. The lowest BCUT2D eigenvalue weighted by molar-refractivity contribution is -0.119. The molecule has 1 fully saturated rings. The van der Waals surface area contributed by atoms with Crippen molar-refractivity contribution in [2.45, 2.75) is 35.4 Å². The lowest BCUT2D eigenvalue weighted by atomic mass is 10.2. The smallest absolute Gasteiger partial charge is 0.272 e. The molecule has 10 heteroatoms. The summed E-state index contributed by atoms with van der Waals surface area (Å²) in [5.41, 5.74) is 1.30. The van der Waals surface area contributed by atoms with Gasteiger partial charge >= 0.3 is 0 Å². The predicted octanol–water partition coefficient (Wildman–Crippen LogP) is 2.29. The van der Waals surface area contributed by atoms with E-state index in [9.17, 15) is 9.59 Å². The number of carbonyl (C=O) groups excluding carboxylic acids is 1. The van der Waals surface area contributed by atoms with Gasteiger partial charge in [0.15, 0.2) is 16.7 Å². The molecule has 1 aromatic heterocycles. The van der Waals surface area contributed by atoms with Crippen molar-refractivity contribution in [2.24, 2.45) is 0 Å². The highest BCUT2D eigenvalue weighted by molar-refractivity contribution is 8.00. The summed E-state index contributed by atoms with van der Waals surface area (Å²) in [6.45, 7) is 1.26. The van der Waals surface area contributed by atoms with Crippen LogP contribution in [0.1, 0.15) is 18.5 Å². The van der Waals surface area contributed by atoms with Gasteiger partial charge in [-0.2, -0.15) is 0 Å². The molecule has 8 nitrogen and oxygen atoms in total. The number of amides is 1. The maximum atomic E-state index is 13.3. The number of thioether (sulfide) groups is 2. The molecule has 0 aliphatic carbocycles. The Bertz CT molecular complexity index is 1020. The zero-order valence-corrected chi connectivity index (χ0v) is 19.1. The van der Waals surface area contributed by atoms with E-state index in [1.54, 1.807) is 37.0 Å². The molecule has 3 heterocycles. The largest absolute Gasteiger partial charge is 0.493 e. The van der Waals surface area contributed by atoms with Gasteiger partial charge in [0.2, 0.25) is 5.91 Å². The first kappa shape index (κ1) is 22.0. The normalized spacial score (nSPS) is 17.4. The maximum absolute atomic E-state index is 13.3. The molecule has 31 heavy (non-hydrogen) atoms. The van der Waals surface area contributed by atoms with E-state index < -0.39 is 0 Å². The van der Waals surface area contributed by atoms with Crippen LogP contribution in [-0.2, 0) is 16.0 Å². The Morgan fingerprint density at radius 2 is 2.19 bits per heavy atom. The molecule has 0 radical (unpaired) electrons. The Labute approximate surface area is 189 Å². The first-order valence-corrected chi connectivity index (χ1v) is 12.1. The highest BCUT2D eigenvalue weighted by atomic mass is 32.2. The van der Waals surface area contributed by atoms with Crippen LogP contribution < -0.4 is 20.3 Å². The third-order valence-corrected chi connectivity index (χ3v) is 7.22. The molecule has 2 aliphatic rings. The lowest BCUT2D eigenvalue weighted by Crippen LogP contribution is -2.33. The van der Waals surface area contributed by atoms with Gasteiger partial charge in [0, 0.05) is 31.4 Å². The van der Waals surface area contributed by atoms with Gasteiger partial charge in [-0.05, 0) is 25.0 Å². The summed E-state index contributed by atoms with van der Waals surface area (Å²) in [6, 6.07) is 5.29. The molecular formula is C21H25N3O5S2. The van der Waals surface area contributed by atoms with Crippen LogP contribution in [0.5, 0.6) is 11.5 Å². The number of rotatable bonds is 8. The number of aryl methyl sites for hydroxylation is 1. The fourth-order valence-electron chi connectivity index (χ4n) is 3.59. The van der Waals surface area contributed by atoms with Crippen molar-refractivity contribution in [1.29, 1.82) is 0 Å². The lowest BCUT2D eigenvalue weighted by Gasteiger charge is -2.16. The molecule has 4 rings (SSSR count). The van der Waals surface area contributed by atoms with Crippen molar-refractivity contribution in [1.82, 2.24) is 14.9 Å². The summed E-state index contributed by atoms with van der Waals surface area (Å²) in [5, 5.41) is 3.41. The van der Waals surface area contributed by atoms with Gasteiger partial charge < -0.3 is 19.5 Å². The summed E-state index contributed by atoms with van der Waals surface area (Å²) in [4.78, 5) is 31.1. The third kappa shape index (κ3) is 4.86. The molecule has 0 spiro atoms. The standard InChI is InChI=1S/C21H25N3O5S2/c1-27-16-6-5-13(10-17(16)28-2)24-20(26)19-15(7-9-30-19)23-21(24)31-12-18(25)22-11-14-4-3-8-29-14/h5-6,10,14H,3-4,7-9,11-12H2,1-2H3,(H,22,25)/t14-/m1/s1. The number of methoxy groups -OCH3 is 2. The van der Waals surface area contributed by atoms with Gasteiger partial charge in [0.1, 0.15) is 0 Å². The van der Waals surface area contributed by atoms with Crippen molar-refractivity contribution < 1.29 is 19.0 Å². The van der Waals surface area contributed by atoms with Crippen molar-refractivity contribution >= 4 is 29.4 Å². The van der Waals surface area contributed by atoms with Crippen molar-refractivity contribution in [3.05, 3.63) is 34.2 Å². The second-order valence-corrected chi connectivity index (χ2v) is 9.22. The summed E-state index contributed by atoms with van der Waals surface area (Å²) < 4.78 is 17.8. The number of hydrogen-bond donors (Lipinski definition) is 1. The second kappa shape index (κ2) is 9.97. The minimum atomic E-state index is -0.123. The first-order valence-electron chi connectivity index (χ1n) is 10.1. The van der Waals surface area contributed by atoms with E-state index >= 15 is 0 Å². The molecule has 0 bridgehead atoms. The van der Waals surface area contributed by atoms with E-state index in [4.69, 9.17) is 19.2 Å². The Hall–Kier alpha value is -2.17. The fraction of sp³-hybridized carbons (Fsp3) is 0.476. The SMILES string of the molecule is COc1ccc(-n2c(SCC(=O)NC[C@H]3CCCO3)nc3c(c2=O)SCC3)cc1OC. The molecule has 1 saturated heterocycles. The monoisotopic (exact) mass is 463 g/mol. The number of nitrogens with one attached hydrogen (secondary N) is 1. The van der Waals surface area contributed by atoms with Crippen LogP contribution in [0.2, 0.25) is 0 Å². The topological polar surface area (TPSA) is 91.7 Å². The van der Waals surface area contributed by atoms with Crippen molar-refractivity contribution in [3.8, 4) is 17.2 Å². The second-order valence-electron chi connectivity index (χ2n) is 7.18. The van der Waals surface area contributed by atoms with E-state index in [0.717, 1.165) is 37.3 Å². The molecule has 0 saturated carbocycles. The summed E-state index contributed by atoms with van der Waals surface area (Å²) in [6.07, 6.45) is 2.84. The number of ether oxygens (including phenoxy) is 3. The highest BCUT2D eigenvalue weighted by Crippen LogP contribution is 2.33. The fourth-order valence-corrected chi connectivity index (χ4v) is 5.48. The van der Waals surface area contributed by atoms with Crippen LogP contribution in [0.4, 0.5) is 0 Å². The van der Waals surface area contributed by atoms with Gasteiger partial charge in [0.05, 0.1) is 42.4 Å². The van der Waals surface area contributed by atoms with Gasteiger partial charge in [0.25, 0.3) is 5.56 Å². The summed E-state index contributed by atoms with van der Waals surface area (Å²) >= 11 is 2.78. The van der Waals surface area contributed by atoms with Gasteiger partial charge in [-0.25, -0.2) is 4.98 Å². The molecule has 1 N–H and O–H groups in total. The molecule has 1 amide bonds. The van der Waals surface area contributed by atoms with Crippen molar-refractivity contribution in [3.63, 3.8) is 0 Å². The maximum Gasteiger partial charge on any atom is 0.272 e. The van der Waals surface area contributed by atoms with Crippen LogP contribution in [-0.4, -0.2) is 60.4 Å². The highest BCUT2D eigenvalue weighted by Gasteiger charge is 2.24. The molecular weight excluding hydrogens is 438 g/mol. The van der Waals surface area contributed by atoms with Crippen LogP contribution in [0.15, 0.2) is 33.0 Å². The zero-order chi connectivity index (χ0) is 21.8. The Morgan fingerprint density at radius 3 is 2.94 bits per heavy atom. The number of carbonyl (C=O) groups is 1. The average Bonchev–Trinajstić information content (AvgIpc) is 3.48. The average molecular weight is 464 g/mol. The van der Waals surface area contributed by atoms with Crippen LogP contribution >= 0.6 is 23.5 Å². The Kier molecular flexibility index (Phi) is 7.09. The first-order chi connectivity index (χ1) is 15.1. The van der Waals surface area contributed by atoms with Gasteiger partial charge in [-0.3, -0.25) is 14.2 Å².